The van der Waals surface area contributed by atoms with Crippen LogP contribution in [0.4, 0.5) is 11.4 Å². The molecule has 2 aliphatic rings. The zero-order valence-corrected chi connectivity index (χ0v) is 25.5. The lowest BCUT2D eigenvalue weighted by Gasteiger charge is -2.30. The standard InChI is InChI=1S/2C13H17ClN2O3S/c2*1-20(18,19)16-8-2-3-10(9-16)13(17)15-12-6-4-11(14)5-7-12/h2*4-7,10H,2-3,8-9H2,1H3,(H,15,17)/t2*10-/m10/s1. The van der Waals surface area contributed by atoms with Crippen molar-refractivity contribution in [3.05, 3.63) is 58.6 Å². The number of nitrogens with one attached hydrogen (secondary N) is 2. The third-order valence-electron chi connectivity index (χ3n) is 6.67. The van der Waals surface area contributed by atoms with Gasteiger partial charge in [-0.2, -0.15) is 0 Å². The maximum atomic E-state index is 12.2. The van der Waals surface area contributed by atoms with Crippen molar-refractivity contribution in [1.82, 2.24) is 8.61 Å². The van der Waals surface area contributed by atoms with Crippen molar-refractivity contribution < 1.29 is 26.4 Å². The van der Waals surface area contributed by atoms with E-state index >= 15 is 0 Å². The Bertz CT molecular complexity index is 1280. The quantitative estimate of drug-likeness (QED) is 0.496. The molecule has 40 heavy (non-hydrogen) atoms. The highest BCUT2D eigenvalue weighted by Crippen LogP contribution is 2.22. The van der Waals surface area contributed by atoms with Crippen molar-refractivity contribution in [2.45, 2.75) is 25.7 Å². The van der Waals surface area contributed by atoms with Crippen LogP contribution in [0.2, 0.25) is 10.0 Å². The summed E-state index contributed by atoms with van der Waals surface area (Å²) in [5.41, 5.74) is 1.33. The summed E-state index contributed by atoms with van der Waals surface area (Å²) in [5, 5.41) is 6.79. The van der Waals surface area contributed by atoms with E-state index in [1.165, 1.54) is 21.1 Å². The number of anilines is 2. The molecule has 2 amide bonds. The smallest absolute Gasteiger partial charge is 0.228 e. The maximum Gasteiger partial charge on any atom is 0.228 e. The molecule has 0 spiro atoms. The van der Waals surface area contributed by atoms with E-state index in [9.17, 15) is 26.4 Å². The van der Waals surface area contributed by atoms with E-state index in [0.29, 0.717) is 60.2 Å². The van der Waals surface area contributed by atoms with Gasteiger partial charge in [0.2, 0.25) is 31.9 Å². The molecule has 0 saturated carbocycles. The number of carbonyl (C=O) groups excluding carboxylic acids is 2. The Hall–Kier alpha value is -2.22. The highest BCUT2D eigenvalue weighted by atomic mass is 35.5. The number of hydrogen-bond donors (Lipinski definition) is 2. The van der Waals surface area contributed by atoms with Crippen LogP contribution in [0.3, 0.4) is 0 Å². The van der Waals surface area contributed by atoms with Gasteiger partial charge in [-0.1, -0.05) is 23.2 Å². The molecule has 14 heteroatoms. The van der Waals surface area contributed by atoms with E-state index in [1.807, 2.05) is 0 Å². The lowest BCUT2D eigenvalue weighted by molar-refractivity contribution is -0.121. The molecule has 4 rings (SSSR count). The molecule has 220 valence electrons. The average molecular weight is 634 g/mol. The van der Waals surface area contributed by atoms with Crippen LogP contribution in [-0.2, 0) is 29.6 Å². The van der Waals surface area contributed by atoms with Crippen LogP contribution in [-0.4, -0.2) is 76.0 Å². The third kappa shape index (κ3) is 10.0. The molecule has 2 heterocycles. The van der Waals surface area contributed by atoms with Crippen molar-refractivity contribution in [2.24, 2.45) is 11.8 Å². The minimum Gasteiger partial charge on any atom is -0.326 e. The van der Waals surface area contributed by atoms with Crippen LogP contribution in [0.15, 0.2) is 48.5 Å². The molecule has 2 saturated heterocycles. The Morgan fingerprint density at radius 2 is 1.00 bits per heavy atom. The third-order valence-corrected chi connectivity index (χ3v) is 9.71. The van der Waals surface area contributed by atoms with Crippen LogP contribution >= 0.6 is 23.2 Å². The summed E-state index contributed by atoms with van der Waals surface area (Å²) in [5.74, 6) is -0.926. The highest BCUT2D eigenvalue weighted by molar-refractivity contribution is 7.88. The second-order valence-corrected chi connectivity index (χ2v) is 14.8. The molecular weight excluding hydrogens is 599 g/mol. The Morgan fingerprint density at radius 3 is 1.30 bits per heavy atom. The second-order valence-electron chi connectivity index (χ2n) is 9.91. The van der Waals surface area contributed by atoms with Crippen molar-refractivity contribution in [2.75, 3.05) is 49.3 Å². The number of nitrogens with zero attached hydrogens (tertiary/aromatic N) is 2. The molecule has 2 fully saturated rings. The van der Waals surface area contributed by atoms with E-state index in [2.05, 4.69) is 10.6 Å². The lowest BCUT2D eigenvalue weighted by atomic mass is 9.99. The molecule has 2 aliphatic heterocycles. The molecule has 2 aromatic carbocycles. The molecule has 0 aliphatic carbocycles. The Kier molecular flexibility index (Phi) is 11.4. The number of carbonyl (C=O) groups is 2. The number of hydrogen-bond acceptors (Lipinski definition) is 6. The minimum atomic E-state index is -3.23. The molecule has 0 bridgehead atoms. The summed E-state index contributed by atoms with van der Waals surface area (Å²) < 4.78 is 48.8. The molecule has 2 N–H and O–H groups in total. The summed E-state index contributed by atoms with van der Waals surface area (Å²) in [6.07, 6.45) is 5.15. The van der Waals surface area contributed by atoms with E-state index in [1.54, 1.807) is 48.5 Å². The van der Waals surface area contributed by atoms with Crippen molar-refractivity contribution >= 4 is 66.4 Å². The molecule has 2 aromatic rings. The van der Waals surface area contributed by atoms with E-state index in [4.69, 9.17) is 23.2 Å². The fourth-order valence-electron chi connectivity index (χ4n) is 4.47. The number of benzene rings is 2. The molecule has 10 nitrogen and oxygen atoms in total. The molecular formula is C26H34Cl2N4O6S2. The van der Waals surface area contributed by atoms with Gasteiger partial charge in [0, 0.05) is 47.6 Å². The van der Waals surface area contributed by atoms with E-state index < -0.39 is 20.0 Å². The summed E-state index contributed by atoms with van der Waals surface area (Å²) in [6.45, 7) is 1.48. The van der Waals surface area contributed by atoms with Crippen LogP contribution in [0.5, 0.6) is 0 Å². The topological polar surface area (TPSA) is 133 Å². The predicted octanol–water partition coefficient (Wildman–Crippen LogP) is 3.90. The maximum absolute atomic E-state index is 12.2. The first-order valence-electron chi connectivity index (χ1n) is 12.8. The normalized spacial score (nSPS) is 20.6. The van der Waals surface area contributed by atoms with Crippen LogP contribution < -0.4 is 10.6 Å². The molecule has 0 unspecified atom stereocenters. The zero-order chi connectivity index (χ0) is 29.5. The molecule has 0 aromatic heterocycles. The Balaban J connectivity index is 0.000000220. The number of piperidine rings is 2. The monoisotopic (exact) mass is 632 g/mol. The molecule has 0 radical (unpaired) electrons. The van der Waals surface area contributed by atoms with Crippen LogP contribution in [0, 0.1) is 11.8 Å². The van der Waals surface area contributed by atoms with Gasteiger partial charge in [0.1, 0.15) is 0 Å². The van der Waals surface area contributed by atoms with Crippen molar-refractivity contribution in [3.8, 4) is 0 Å². The summed E-state index contributed by atoms with van der Waals surface area (Å²) in [4.78, 5) is 24.3. The Labute approximate surface area is 246 Å². The van der Waals surface area contributed by atoms with E-state index in [0.717, 1.165) is 0 Å². The fourth-order valence-corrected chi connectivity index (χ4v) is 6.55. The fraction of sp³-hybridized carbons (Fsp3) is 0.462. The summed E-state index contributed by atoms with van der Waals surface area (Å²) in [6, 6.07) is 13.7. The zero-order valence-electron chi connectivity index (χ0n) is 22.3. The first kappa shape index (κ1) is 32.3. The minimum absolute atomic E-state index is 0.152. The first-order chi connectivity index (χ1) is 18.7. The number of halogens is 2. The SMILES string of the molecule is CS(=O)(=O)N1CCC[C@@H](C(=O)Nc2ccc(Cl)cc2)C1.CS(=O)(=O)N1CCC[C@H](C(=O)Nc2ccc(Cl)cc2)C1. The number of sulfonamides is 2. The van der Waals surface area contributed by atoms with Gasteiger partial charge in [-0.3, -0.25) is 9.59 Å². The van der Waals surface area contributed by atoms with Gasteiger partial charge in [0.05, 0.1) is 24.3 Å². The second kappa shape index (κ2) is 14.1. The van der Waals surface area contributed by atoms with Gasteiger partial charge >= 0.3 is 0 Å². The summed E-state index contributed by atoms with van der Waals surface area (Å²) >= 11 is 11.6. The van der Waals surface area contributed by atoms with Gasteiger partial charge in [-0.05, 0) is 74.2 Å². The Morgan fingerprint density at radius 1 is 0.675 bits per heavy atom. The average Bonchev–Trinajstić information content (AvgIpc) is 2.91. The van der Waals surface area contributed by atoms with Crippen molar-refractivity contribution in [3.63, 3.8) is 0 Å². The highest BCUT2D eigenvalue weighted by Gasteiger charge is 2.31. The molecule has 2 atom stereocenters. The van der Waals surface area contributed by atoms with Gasteiger partial charge in [-0.25, -0.2) is 25.4 Å². The van der Waals surface area contributed by atoms with Crippen LogP contribution in [0.25, 0.3) is 0 Å². The van der Waals surface area contributed by atoms with Gasteiger partial charge in [0.15, 0.2) is 0 Å². The van der Waals surface area contributed by atoms with Crippen molar-refractivity contribution in [1.29, 1.82) is 0 Å². The number of rotatable bonds is 6. The predicted molar refractivity (Wildman–Crippen MR) is 158 cm³/mol. The van der Waals surface area contributed by atoms with Crippen LogP contribution in [0.1, 0.15) is 25.7 Å². The van der Waals surface area contributed by atoms with E-state index in [-0.39, 0.29) is 36.7 Å². The first-order valence-corrected chi connectivity index (χ1v) is 17.2. The van der Waals surface area contributed by atoms with Gasteiger partial charge in [0.25, 0.3) is 0 Å². The largest absolute Gasteiger partial charge is 0.326 e. The number of amides is 2. The lowest BCUT2D eigenvalue weighted by Crippen LogP contribution is -2.43. The summed E-state index contributed by atoms with van der Waals surface area (Å²) in [7, 11) is -6.47. The van der Waals surface area contributed by atoms with Gasteiger partial charge in [-0.15, -0.1) is 0 Å². The van der Waals surface area contributed by atoms with Gasteiger partial charge < -0.3 is 10.6 Å².